The van der Waals surface area contributed by atoms with Gasteiger partial charge in [-0.2, -0.15) is 5.26 Å². The summed E-state index contributed by atoms with van der Waals surface area (Å²) in [6, 6.07) is 10.6. The summed E-state index contributed by atoms with van der Waals surface area (Å²) in [4.78, 5) is 17.5. The Morgan fingerprint density at radius 1 is 1.27 bits per heavy atom. The predicted molar refractivity (Wildman–Crippen MR) is 121 cm³/mol. The zero-order valence-corrected chi connectivity index (χ0v) is 18.6. The van der Waals surface area contributed by atoms with Crippen molar-refractivity contribution in [3.63, 3.8) is 0 Å². The van der Waals surface area contributed by atoms with E-state index in [1.165, 1.54) is 31.0 Å². The van der Waals surface area contributed by atoms with Gasteiger partial charge >= 0.3 is 0 Å². The Labute approximate surface area is 181 Å². The molecule has 1 saturated carbocycles. The maximum atomic E-state index is 12.8. The summed E-state index contributed by atoms with van der Waals surface area (Å²) < 4.78 is 4.21. The molecule has 4 rings (SSSR count). The fourth-order valence-corrected chi connectivity index (χ4v) is 5.22. The third-order valence-electron chi connectivity index (χ3n) is 6.14. The van der Waals surface area contributed by atoms with Gasteiger partial charge in [-0.1, -0.05) is 43.2 Å². The number of benzene rings is 1. The van der Waals surface area contributed by atoms with Gasteiger partial charge in [-0.3, -0.25) is 4.79 Å². The van der Waals surface area contributed by atoms with Gasteiger partial charge in [-0.15, -0.1) is 0 Å². The largest absolute Gasteiger partial charge is 0.327 e. The Hall–Kier alpha value is -2.72. The molecule has 7 heteroatoms. The molecule has 0 aliphatic heterocycles. The van der Waals surface area contributed by atoms with Crippen molar-refractivity contribution in [2.75, 3.05) is 11.1 Å². The number of fused-ring (bicyclic) bond motifs is 1. The normalized spacial score (nSPS) is 14.7. The van der Waals surface area contributed by atoms with Crippen LogP contribution in [0.4, 0.5) is 5.82 Å². The highest BCUT2D eigenvalue weighted by Crippen LogP contribution is 2.37. The fraction of sp³-hybridized carbons (Fsp3) is 0.435. The highest BCUT2D eigenvalue weighted by molar-refractivity contribution is 7.99. The molecule has 156 valence electrons. The van der Waals surface area contributed by atoms with Crippen LogP contribution in [0.3, 0.4) is 0 Å². The average molecular weight is 422 g/mol. The number of nitrogens with zero attached hydrogens (tertiary/aromatic N) is 4. The van der Waals surface area contributed by atoms with Gasteiger partial charge in [0.15, 0.2) is 5.16 Å². The molecule has 3 aromatic rings. The molecule has 1 fully saturated rings. The fourth-order valence-electron chi connectivity index (χ4n) is 4.43. The topological polar surface area (TPSA) is 75.6 Å². The van der Waals surface area contributed by atoms with E-state index in [1.807, 2.05) is 42.8 Å². The number of amides is 1. The van der Waals surface area contributed by atoms with Crippen LogP contribution in [-0.2, 0) is 11.8 Å². The van der Waals surface area contributed by atoms with Crippen molar-refractivity contribution in [1.82, 2.24) is 14.1 Å². The van der Waals surface area contributed by atoms with Crippen LogP contribution in [-0.4, -0.2) is 25.8 Å². The number of carbonyl (C=O) groups excluding carboxylic acids is 1. The number of nitriles is 1. The van der Waals surface area contributed by atoms with Crippen LogP contribution in [0.1, 0.15) is 55.0 Å². The predicted octanol–water partition coefficient (Wildman–Crippen LogP) is 5.10. The summed E-state index contributed by atoms with van der Waals surface area (Å²) in [5, 5.41) is 13.6. The summed E-state index contributed by atoms with van der Waals surface area (Å²) in [5.41, 5.74) is 4.59. The molecule has 0 bridgehead atoms. The first-order valence-electron chi connectivity index (χ1n) is 10.5. The number of carbonyl (C=O) groups is 1. The summed E-state index contributed by atoms with van der Waals surface area (Å²) in [6.07, 6.45) is 5.84. The number of nitrogens with one attached hydrogen (secondary N) is 1. The number of hydrogen-bond donors (Lipinski definition) is 1. The van der Waals surface area contributed by atoms with E-state index in [4.69, 9.17) is 0 Å². The van der Waals surface area contributed by atoms with Crippen molar-refractivity contribution in [1.29, 1.82) is 5.26 Å². The molecule has 1 aliphatic carbocycles. The van der Waals surface area contributed by atoms with Crippen LogP contribution in [0.25, 0.3) is 11.0 Å². The standard InChI is InChI=1S/C23H27N5OS/c1-15-16(2)28(17-9-5-4-6-10-17)22(18(15)13-24)26-21(29)14-30-23-25-19-11-7-8-12-20(19)27(23)3/h7-8,11-12,17H,4-6,9-10,14H2,1-3H3,(H,26,29). The Kier molecular flexibility index (Phi) is 5.87. The molecule has 1 N–H and O–H groups in total. The van der Waals surface area contributed by atoms with Crippen LogP contribution in [0.2, 0.25) is 0 Å². The van der Waals surface area contributed by atoms with E-state index in [0.29, 0.717) is 17.4 Å². The Morgan fingerprint density at radius 2 is 2.00 bits per heavy atom. The highest BCUT2D eigenvalue weighted by Gasteiger charge is 2.26. The van der Waals surface area contributed by atoms with Crippen molar-refractivity contribution >= 4 is 34.5 Å². The van der Waals surface area contributed by atoms with Crippen molar-refractivity contribution in [3.8, 4) is 6.07 Å². The van der Waals surface area contributed by atoms with Crippen molar-refractivity contribution in [2.45, 2.75) is 57.1 Å². The van der Waals surface area contributed by atoms with Gasteiger partial charge in [0.25, 0.3) is 0 Å². The number of aryl methyl sites for hydroxylation is 1. The Morgan fingerprint density at radius 3 is 2.70 bits per heavy atom. The molecule has 0 atom stereocenters. The van der Waals surface area contributed by atoms with Crippen LogP contribution in [0, 0.1) is 25.2 Å². The van der Waals surface area contributed by atoms with Gasteiger partial charge in [-0.05, 0) is 44.4 Å². The first kappa shape index (κ1) is 20.5. The first-order chi connectivity index (χ1) is 14.5. The van der Waals surface area contributed by atoms with E-state index >= 15 is 0 Å². The second-order valence-corrected chi connectivity index (χ2v) is 8.93. The van der Waals surface area contributed by atoms with E-state index in [1.54, 1.807) is 0 Å². The zero-order chi connectivity index (χ0) is 21.3. The molecule has 2 heterocycles. The molecule has 2 aromatic heterocycles. The monoisotopic (exact) mass is 421 g/mol. The van der Waals surface area contributed by atoms with E-state index in [0.717, 1.165) is 40.3 Å². The van der Waals surface area contributed by atoms with E-state index < -0.39 is 0 Å². The molecule has 0 radical (unpaired) electrons. The van der Waals surface area contributed by atoms with E-state index in [-0.39, 0.29) is 11.7 Å². The van der Waals surface area contributed by atoms with Gasteiger partial charge in [0.05, 0.1) is 22.3 Å². The first-order valence-corrected chi connectivity index (χ1v) is 11.5. The second-order valence-electron chi connectivity index (χ2n) is 7.99. The lowest BCUT2D eigenvalue weighted by Gasteiger charge is -2.27. The third-order valence-corrected chi connectivity index (χ3v) is 7.17. The maximum Gasteiger partial charge on any atom is 0.235 e. The smallest absolute Gasteiger partial charge is 0.235 e. The summed E-state index contributed by atoms with van der Waals surface area (Å²) in [7, 11) is 1.96. The molecule has 1 aliphatic rings. The van der Waals surface area contributed by atoms with Gasteiger partial charge in [0.1, 0.15) is 11.9 Å². The van der Waals surface area contributed by atoms with Crippen molar-refractivity contribution in [3.05, 3.63) is 41.1 Å². The highest BCUT2D eigenvalue weighted by atomic mass is 32.2. The number of para-hydroxylation sites is 2. The van der Waals surface area contributed by atoms with E-state index in [9.17, 15) is 10.1 Å². The van der Waals surface area contributed by atoms with Crippen LogP contribution in [0.15, 0.2) is 29.4 Å². The molecule has 0 saturated heterocycles. The minimum atomic E-state index is -0.113. The van der Waals surface area contributed by atoms with E-state index in [2.05, 4.69) is 27.9 Å². The molecule has 0 spiro atoms. The third kappa shape index (κ3) is 3.72. The minimum Gasteiger partial charge on any atom is -0.327 e. The summed E-state index contributed by atoms with van der Waals surface area (Å²) in [6.45, 7) is 4.02. The average Bonchev–Trinajstić information content (AvgIpc) is 3.20. The summed E-state index contributed by atoms with van der Waals surface area (Å²) in [5.74, 6) is 0.795. The van der Waals surface area contributed by atoms with Crippen LogP contribution < -0.4 is 5.32 Å². The quantitative estimate of drug-likeness (QED) is 0.582. The number of aromatic nitrogens is 3. The van der Waals surface area contributed by atoms with Gasteiger partial charge < -0.3 is 14.5 Å². The Bertz CT molecular complexity index is 1130. The lowest BCUT2D eigenvalue weighted by atomic mass is 9.95. The SMILES string of the molecule is Cc1c(C#N)c(NC(=O)CSc2nc3ccccc3n2C)n(C2CCCCC2)c1C. The molecule has 1 aromatic carbocycles. The number of thioether (sulfide) groups is 1. The number of hydrogen-bond acceptors (Lipinski definition) is 4. The van der Waals surface area contributed by atoms with Crippen LogP contribution in [0.5, 0.6) is 0 Å². The number of imidazole rings is 1. The molecule has 30 heavy (non-hydrogen) atoms. The van der Waals surface area contributed by atoms with Crippen LogP contribution >= 0.6 is 11.8 Å². The molecule has 6 nitrogen and oxygen atoms in total. The second kappa shape index (κ2) is 8.57. The number of rotatable bonds is 5. The van der Waals surface area contributed by atoms with Gasteiger partial charge in [0.2, 0.25) is 5.91 Å². The molecular weight excluding hydrogens is 394 g/mol. The lowest BCUT2D eigenvalue weighted by Crippen LogP contribution is -2.21. The number of anilines is 1. The Balaban J connectivity index is 1.54. The minimum absolute atomic E-state index is 0.113. The molecule has 0 unspecified atom stereocenters. The van der Waals surface area contributed by atoms with Gasteiger partial charge in [0, 0.05) is 18.8 Å². The zero-order valence-electron chi connectivity index (χ0n) is 17.7. The summed E-state index contributed by atoms with van der Waals surface area (Å²) >= 11 is 1.41. The van der Waals surface area contributed by atoms with Crippen molar-refractivity contribution in [2.24, 2.45) is 7.05 Å². The lowest BCUT2D eigenvalue weighted by molar-refractivity contribution is -0.113. The molecular formula is C23H27N5OS. The molecule has 1 amide bonds. The van der Waals surface area contributed by atoms with Gasteiger partial charge in [-0.25, -0.2) is 4.98 Å². The van der Waals surface area contributed by atoms with Crippen molar-refractivity contribution < 1.29 is 4.79 Å². The maximum absolute atomic E-state index is 12.8.